The number of alkyl halides is 3. The lowest BCUT2D eigenvalue weighted by Crippen LogP contribution is -2.21. The number of anilines is 1. The molecule has 23 heavy (non-hydrogen) atoms. The summed E-state index contributed by atoms with van der Waals surface area (Å²) in [4.78, 5) is 23.8. The number of carbonyl (C=O) groups is 2. The van der Waals surface area contributed by atoms with Crippen LogP contribution in [0.3, 0.4) is 0 Å². The zero-order valence-corrected chi connectivity index (χ0v) is 13.4. The Labute approximate surface area is 139 Å². The minimum absolute atomic E-state index is 0.539. The van der Waals surface area contributed by atoms with Crippen molar-refractivity contribution in [3.05, 3.63) is 34.2 Å². The number of hydrogen-bond acceptors (Lipinski definition) is 4. The van der Waals surface area contributed by atoms with E-state index in [0.717, 1.165) is 15.2 Å². The number of thiazole rings is 1. The van der Waals surface area contributed by atoms with Crippen LogP contribution in [0.15, 0.2) is 34.2 Å². The van der Waals surface area contributed by atoms with Crippen molar-refractivity contribution in [2.24, 2.45) is 0 Å². The molecule has 0 aliphatic rings. The molecule has 2 aromatic rings. The molecule has 0 unspecified atom stereocenters. The first-order valence-corrected chi connectivity index (χ1v) is 7.29. The van der Waals surface area contributed by atoms with Gasteiger partial charge in [-0.3, -0.25) is 5.32 Å². The van der Waals surface area contributed by atoms with Crippen LogP contribution in [-0.2, 0) is 4.79 Å². The molecule has 3 N–H and O–H groups in total. The molecule has 1 heterocycles. The quantitative estimate of drug-likeness (QED) is 0.682. The molecule has 1 aromatic heterocycles. The van der Waals surface area contributed by atoms with E-state index in [2.05, 4.69) is 26.2 Å². The number of aromatic nitrogens is 1. The highest BCUT2D eigenvalue weighted by Gasteiger charge is 2.38. The summed E-state index contributed by atoms with van der Waals surface area (Å²) in [7, 11) is 0. The van der Waals surface area contributed by atoms with Crippen LogP contribution in [0.1, 0.15) is 0 Å². The third kappa shape index (κ3) is 6.24. The predicted octanol–water partition coefficient (Wildman–Crippen LogP) is 4.30. The van der Waals surface area contributed by atoms with Crippen LogP contribution in [-0.4, -0.2) is 33.4 Å². The number of benzene rings is 1. The normalized spacial score (nSPS) is 10.4. The Kier molecular flexibility index (Phi) is 6.51. The minimum Gasteiger partial charge on any atom is -0.475 e. The van der Waals surface area contributed by atoms with E-state index >= 15 is 0 Å². The summed E-state index contributed by atoms with van der Waals surface area (Å²) in [6.45, 7) is 0. The van der Waals surface area contributed by atoms with Crippen molar-refractivity contribution in [2.45, 2.75) is 6.18 Å². The zero-order chi connectivity index (χ0) is 17.6. The van der Waals surface area contributed by atoms with Gasteiger partial charge in [-0.2, -0.15) is 13.2 Å². The molecular weight excluding hydrogens is 405 g/mol. The highest BCUT2D eigenvalue weighted by molar-refractivity contribution is 9.10. The summed E-state index contributed by atoms with van der Waals surface area (Å²) in [6, 6.07) is 7.16. The minimum atomic E-state index is -5.08. The van der Waals surface area contributed by atoms with E-state index in [1.807, 2.05) is 17.5 Å². The first-order chi connectivity index (χ1) is 10.6. The number of carboxylic acid groups (broad SMARTS) is 2. The van der Waals surface area contributed by atoms with E-state index in [9.17, 15) is 18.0 Å². The average Bonchev–Trinajstić information content (AvgIpc) is 2.85. The summed E-state index contributed by atoms with van der Waals surface area (Å²) in [6.07, 6.45) is -6.16. The fourth-order valence-electron chi connectivity index (χ4n) is 1.27. The number of hydrogen-bond donors (Lipinski definition) is 3. The second-order valence-electron chi connectivity index (χ2n) is 3.75. The first-order valence-electron chi connectivity index (χ1n) is 5.61. The summed E-state index contributed by atoms with van der Waals surface area (Å²) in [5.41, 5.74) is 1.32. The molecule has 0 spiro atoms. The number of amides is 1. The molecule has 0 atom stereocenters. The van der Waals surface area contributed by atoms with Crippen molar-refractivity contribution in [1.29, 1.82) is 0 Å². The largest absolute Gasteiger partial charge is 0.490 e. The number of aliphatic carboxylic acids is 1. The SMILES string of the molecule is O=C(O)C(F)(F)F.O=C(O)Nc1ccccc1-c1nc(Br)cs1. The highest BCUT2D eigenvalue weighted by atomic mass is 79.9. The van der Waals surface area contributed by atoms with Crippen molar-refractivity contribution in [3.63, 3.8) is 0 Å². The topological polar surface area (TPSA) is 99.5 Å². The average molecular weight is 413 g/mol. The Hall–Kier alpha value is -2.14. The van der Waals surface area contributed by atoms with Crippen molar-refractivity contribution < 1.29 is 33.0 Å². The summed E-state index contributed by atoms with van der Waals surface area (Å²) >= 11 is 4.72. The highest BCUT2D eigenvalue weighted by Crippen LogP contribution is 2.31. The fraction of sp³-hybridized carbons (Fsp3) is 0.0833. The lowest BCUT2D eigenvalue weighted by Gasteiger charge is -2.05. The molecule has 124 valence electrons. The molecule has 11 heteroatoms. The fourth-order valence-corrected chi connectivity index (χ4v) is 2.56. The molecule has 0 aliphatic heterocycles. The van der Waals surface area contributed by atoms with Crippen molar-refractivity contribution in [1.82, 2.24) is 4.98 Å². The van der Waals surface area contributed by atoms with Gasteiger partial charge in [0.2, 0.25) is 0 Å². The number of carboxylic acids is 1. The van der Waals surface area contributed by atoms with E-state index in [1.165, 1.54) is 11.3 Å². The number of rotatable bonds is 2. The maximum absolute atomic E-state index is 10.6. The number of halogens is 4. The molecule has 0 saturated carbocycles. The predicted molar refractivity (Wildman–Crippen MR) is 80.6 cm³/mol. The van der Waals surface area contributed by atoms with E-state index < -0.39 is 18.2 Å². The van der Waals surface area contributed by atoms with Gasteiger partial charge in [-0.1, -0.05) is 12.1 Å². The van der Waals surface area contributed by atoms with Gasteiger partial charge >= 0.3 is 18.2 Å². The Morgan fingerprint density at radius 2 is 1.78 bits per heavy atom. The molecule has 0 fully saturated rings. The zero-order valence-electron chi connectivity index (χ0n) is 11.0. The van der Waals surface area contributed by atoms with Gasteiger partial charge in [0.1, 0.15) is 9.61 Å². The van der Waals surface area contributed by atoms with E-state index in [4.69, 9.17) is 15.0 Å². The molecule has 0 radical (unpaired) electrons. The van der Waals surface area contributed by atoms with Crippen LogP contribution in [0.4, 0.5) is 23.7 Å². The van der Waals surface area contributed by atoms with Gasteiger partial charge in [0.25, 0.3) is 0 Å². The molecule has 6 nitrogen and oxygen atoms in total. The monoisotopic (exact) mass is 412 g/mol. The molecular formula is C12H8BrF3N2O4S. The molecule has 0 aliphatic carbocycles. The molecule has 0 bridgehead atoms. The van der Waals surface area contributed by atoms with Gasteiger partial charge in [0.05, 0.1) is 5.69 Å². The Bertz CT molecular complexity index is 706. The van der Waals surface area contributed by atoms with E-state index in [-0.39, 0.29) is 0 Å². The van der Waals surface area contributed by atoms with Crippen LogP contribution in [0.2, 0.25) is 0 Å². The lowest BCUT2D eigenvalue weighted by atomic mass is 10.2. The van der Waals surface area contributed by atoms with Crippen LogP contribution in [0.25, 0.3) is 10.6 Å². The Morgan fingerprint density at radius 3 is 2.22 bits per heavy atom. The maximum Gasteiger partial charge on any atom is 0.490 e. The van der Waals surface area contributed by atoms with Crippen LogP contribution in [0.5, 0.6) is 0 Å². The smallest absolute Gasteiger partial charge is 0.475 e. The third-order valence-corrected chi connectivity index (χ3v) is 3.70. The molecule has 1 amide bonds. The number of para-hydroxylation sites is 1. The maximum atomic E-state index is 10.6. The van der Waals surface area contributed by atoms with Crippen LogP contribution >= 0.6 is 27.3 Å². The van der Waals surface area contributed by atoms with Gasteiger partial charge in [-0.25, -0.2) is 14.6 Å². The Balaban J connectivity index is 0.000000322. The van der Waals surface area contributed by atoms with Gasteiger partial charge in [-0.15, -0.1) is 11.3 Å². The number of nitrogens with zero attached hydrogens (tertiary/aromatic N) is 1. The van der Waals surface area contributed by atoms with Gasteiger partial charge in [-0.05, 0) is 28.1 Å². The van der Waals surface area contributed by atoms with Gasteiger partial charge < -0.3 is 10.2 Å². The Morgan fingerprint density at radius 1 is 1.22 bits per heavy atom. The molecule has 0 saturated heterocycles. The molecule has 2 rings (SSSR count). The summed E-state index contributed by atoms with van der Waals surface area (Å²) < 4.78 is 32.5. The third-order valence-electron chi connectivity index (χ3n) is 2.12. The van der Waals surface area contributed by atoms with Crippen LogP contribution < -0.4 is 5.32 Å². The van der Waals surface area contributed by atoms with Crippen molar-refractivity contribution in [2.75, 3.05) is 5.32 Å². The lowest BCUT2D eigenvalue weighted by molar-refractivity contribution is -0.192. The number of nitrogens with one attached hydrogen (secondary N) is 1. The van der Waals surface area contributed by atoms with E-state index in [0.29, 0.717) is 5.69 Å². The van der Waals surface area contributed by atoms with Crippen LogP contribution in [0, 0.1) is 0 Å². The second-order valence-corrected chi connectivity index (χ2v) is 5.42. The van der Waals surface area contributed by atoms with Gasteiger partial charge in [0, 0.05) is 10.9 Å². The summed E-state index contributed by atoms with van der Waals surface area (Å²) in [5, 5.41) is 20.8. The standard InChI is InChI=1S/C10H7BrN2O2S.C2HF3O2/c11-8-5-16-9(13-8)6-3-1-2-4-7(6)12-10(14)15;3-2(4,5)1(6)7/h1-5,12H,(H,14,15);(H,6,7). The molecule has 1 aromatic carbocycles. The van der Waals surface area contributed by atoms with Gasteiger partial charge in [0.15, 0.2) is 0 Å². The van der Waals surface area contributed by atoms with Crippen molar-refractivity contribution >= 4 is 45.0 Å². The first kappa shape index (κ1) is 18.9. The van der Waals surface area contributed by atoms with E-state index in [1.54, 1.807) is 12.1 Å². The summed E-state index contributed by atoms with van der Waals surface area (Å²) in [5.74, 6) is -2.76. The van der Waals surface area contributed by atoms with Crippen molar-refractivity contribution in [3.8, 4) is 10.6 Å². The second kappa shape index (κ2) is 7.92.